The van der Waals surface area contributed by atoms with Crippen LogP contribution in [0.2, 0.25) is 0 Å². The Morgan fingerprint density at radius 2 is 2.35 bits per heavy atom. The van der Waals surface area contributed by atoms with E-state index < -0.39 is 0 Å². The number of ether oxygens (including phenoxy) is 1. The van der Waals surface area contributed by atoms with Crippen LogP contribution in [0.25, 0.3) is 0 Å². The number of halogens is 1. The molecule has 0 aromatic carbocycles. The molecule has 1 saturated carbocycles. The van der Waals surface area contributed by atoms with Crippen LogP contribution in [0.1, 0.15) is 19.8 Å². The summed E-state index contributed by atoms with van der Waals surface area (Å²) in [6.45, 7) is 3.91. The van der Waals surface area contributed by atoms with Crippen molar-refractivity contribution < 1.29 is 4.74 Å². The first kappa shape index (κ1) is 12.8. The van der Waals surface area contributed by atoms with Gasteiger partial charge in [0.25, 0.3) is 0 Å². The van der Waals surface area contributed by atoms with Crippen LogP contribution in [0.15, 0.2) is 22.8 Å². The zero-order valence-electron chi connectivity index (χ0n) is 10.4. The molecule has 1 aromatic rings. The van der Waals surface area contributed by atoms with Crippen molar-refractivity contribution >= 4 is 21.7 Å². The minimum atomic E-state index is 0.538. The predicted molar refractivity (Wildman–Crippen MR) is 73.3 cm³/mol. The highest BCUT2D eigenvalue weighted by Gasteiger charge is 2.33. The smallest absolute Gasteiger partial charge is 0.143 e. The summed E-state index contributed by atoms with van der Waals surface area (Å²) in [6, 6.07) is 4.53. The summed E-state index contributed by atoms with van der Waals surface area (Å²) in [5.74, 6) is 1.85. The highest BCUT2D eigenvalue weighted by Crippen LogP contribution is 2.37. The molecule has 1 fully saturated rings. The van der Waals surface area contributed by atoms with Gasteiger partial charge in [0.1, 0.15) is 5.82 Å². The van der Waals surface area contributed by atoms with Crippen molar-refractivity contribution in [1.82, 2.24) is 4.98 Å². The zero-order valence-corrected chi connectivity index (χ0v) is 12.0. The number of hydrogen-bond acceptors (Lipinski definition) is 3. The maximum Gasteiger partial charge on any atom is 0.143 e. The Morgan fingerprint density at radius 1 is 1.59 bits per heavy atom. The first-order chi connectivity index (χ1) is 8.24. The highest BCUT2D eigenvalue weighted by molar-refractivity contribution is 9.10. The molecule has 0 bridgehead atoms. The second kappa shape index (κ2) is 5.83. The van der Waals surface area contributed by atoms with Gasteiger partial charge in [-0.1, -0.05) is 0 Å². The third-order valence-electron chi connectivity index (χ3n) is 3.34. The van der Waals surface area contributed by atoms with Gasteiger partial charge in [-0.2, -0.15) is 0 Å². The van der Waals surface area contributed by atoms with E-state index in [1.807, 2.05) is 18.3 Å². The molecule has 2 rings (SSSR count). The second-order valence-electron chi connectivity index (χ2n) is 4.57. The monoisotopic (exact) mass is 298 g/mol. The molecule has 0 saturated heterocycles. The summed E-state index contributed by atoms with van der Waals surface area (Å²) in [6.07, 6.45) is 4.53. The van der Waals surface area contributed by atoms with E-state index >= 15 is 0 Å². The van der Waals surface area contributed by atoms with Gasteiger partial charge in [0, 0.05) is 25.9 Å². The molecular weight excluding hydrogens is 280 g/mol. The lowest BCUT2D eigenvalue weighted by Crippen LogP contribution is -2.38. The average Bonchev–Trinajstić information content (AvgIpc) is 3.15. The maximum atomic E-state index is 5.20. The number of anilines is 1. The van der Waals surface area contributed by atoms with Crippen LogP contribution < -0.4 is 4.90 Å². The molecule has 0 N–H and O–H groups in total. The first-order valence-electron chi connectivity index (χ1n) is 6.10. The predicted octanol–water partition coefficient (Wildman–Crippen LogP) is 3.10. The molecule has 3 nitrogen and oxygen atoms in total. The standard InChI is InChI=1S/C13H19BrN2O/c1-10(11-5-6-11)16(8-9-17-2)13-12(14)4-3-7-15-13/h3-4,7,10-11H,5-6,8-9H2,1-2H3. The Hall–Kier alpha value is -0.610. The zero-order chi connectivity index (χ0) is 12.3. The van der Waals surface area contributed by atoms with E-state index in [1.54, 1.807) is 7.11 Å². The minimum Gasteiger partial charge on any atom is -0.383 e. The fourth-order valence-electron chi connectivity index (χ4n) is 2.11. The largest absolute Gasteiger partial charge is 0.383 e. The molecular formula is C13H19BrN2O. The summed E-state index contributed by atoms with van der Waals surface area (Å²) < 4.78 is 6.26. The number of nitrogens with zero attached hydrogens (tertiary/aromatic N) is 2. The SMILES string of the molecule is COCCN(c1ncccc1Br)C(C)C1CC1. The Labute approximate surface area is 111 Å². The molecule has 0 amide bonds. The molecule has 0 spiro atoms. The van der Waals surface area contributed by atoms with Crippen molar-refractivity contribution in [2.24, 2.45) is 5.92 Å². The third kappa shape index (κ3) is 3.19. The van der Waals surface area contributed by atoms with Crippen molar-refractivity contribution in [2.45, 2.75) is 25.8 Å². The van der Waals surface area contributed by atoms with Gasteiger partial charge in [-0.3, -0.25) is 0 Å². The van der Waals surface area contributed by atoms with E-state index in [1.165, 1.54) is 12.8 Å². The molecule has 1 aliphatic rings. The van der Waals surface area contributed by atoms with Crippen molar-refractivity contribution in [1.29, 1.82) is 0 Å². The van der Waals surface area contributed by atoms with Crippen molar-refractivity contribution in [3.63, 3.8) is 0 Å². The number of rotatable bonds is 6. The van der Waals surface area contributed by atoms with Gasteiger partial charge in [0.15, 0.2) is 0 Å². The van der Waals surface area contributed by atoms with Gasteiger partial charge < -0.3 is 9.64 Å². The normalized spacial score (nSPS) is 16.9. The van der Waals surface area contributed by atoms with Crippen molar-refractivity contribution in [3.8, 4) is 0 Å². The summed E-state index contributed by atoms with van der Waals surface area (Å²) in [7, 11) is 1.74. The molecule has 0 radical (unpaired) electrons. The summed E-state index contributed by atoms with van der Waals surface area (Å²) in [5.41, 5.74) is 0. The topological polar surface area (TPSA) is 25.4 Å². The fraction of sp³-hybridized carbons (Fsp3) is 0.615. The quantitative estimate of drug-likeness (QED) is 0.807. The molecule has 1 aliphatic carbocycles. The lowest BCUT2D eigenvalue weighted by Gasteiger charge is -2.31. The van der Waals surface area contributed by atoms with Crippen molar-refractivity contribution in [3.05, 3.63) is 22.8 Å². The van der Waals surface area contributed by atoms with Crippen molar-refractivity contribution in [2.75, 3.05) is 25.2 Å². The molecule has 4 heteroatoms. The van der Waals surface area contributed by atoms with Crippen LogP contribution in [0.3, 0.4) is 0 Å². The molecule has 1 aromatic heterocycles. The van der Waals surface area contributed by atoms with Crippen LogP contribution in [-0.4, -0.2) is 31.3 Å². The van der Waals surface area contributed by atoms with Crippen LogP contribution in [0, 0.1) is 5.92 Å². The van der Waals surface area contributed by atoms with E-state index in [4.69, 9.17) is 4.74 Å². The van der Waals surface area contributed by atoms with Gasteiger partial charge in [-0.25, -0.2) is 4.98 Å². The number of methoxy groups -OCH3 is 1. The summed E-state index contributed by atoms with van der Waals surface area (Å²) >= 11 is 3.58. The molecule has 1 atom stereocenters. The maximum absolute atomic E-state index is 5.20. The molecule has 17 heavy (non-hydrogen) atoms. The average molecular weight is 299 g/mol. The minimum absolute atomic E-state index is 0.538. The third-order valence-corrected chi connectivity index (χ3v) is 3.96. The lowest BCUT2D eigenvalue weighted by molar-refractivity contribution is 0.202. The summed E-state index contributed by atoms with van der Waals surface area (Å²) in [4.78, 5) is 6.84. The van der Waals surface area contributed by atoms with E-state index in [9.17, 15) is 0 Å². The van der Waals surface area contributed by atoms with Crippen LogP contribution in [0.5, 0.6) is 0 Å². The Morgan fingerprint density at radius 3 is 2.94 bits per heavy atom. The van der Waals surface area contributed by atoms with Gasteiger partial charge in [-0.05, 0) is 53.7 Å². The number of pyridine rings is 1. The Bertz CT molecular complexity index is 368. The Kier molecular flexibility index (Phi) is 4.40. The number of aromatic nitrogens is 1. The second-order valence-corrected chi connectivity index (χ2v) is 5.43. The first-order valence-corrected chi connectivity index (χ1v) is 6.89. The molecule has 1 heterocycles. The van der Waals surface area contributed by atoms with E-state index in [0.29, 0.717) is 6.04 Å². The molecule has 94 valence electrons. The van der Waals surface area contributed by atoms with Gasteiger partial charge in [0.05, 0.1) is 11.1 Å². The van der Waals surface area contributed by atoms with Gasteiger partial charge >= 0.3 is 0 Å². The van der Waals surface area contributed by atoms with Gasteiger partial charge in [-0.15, -0.1) is 0 Å². The van der Waals surface area contributed by atoms with Crippen LogP contribution in [-0.2, 0) is 4.74 Å². The van der Waals surface area contributed by atoms with E-state index in [0.717, 1.165) is 29.4 Å². The van der Waals surface area contributed by atoms with E-state index in [-0.39, 0.29) is 0 Å². The van der Waals surface area contributed by atoms with Gasteiger partial charge in [0.2, 0.25) is 0 Å². The fourth-order valence-corrected chi connectivity index (χ4v) is 2.60. The van der Waals surface area contributed by atoms with E-state index in [2.05, 4.69) is 32.7 Å². The molecule has 0 aliphatic heterocycles. The highest BCUT2D eigenvalue weighted by atomic mass is 79.9. The lowest BCUT2D eigenvalue weighted by atomic mass is 10.2. The van der Waals surface area contributed by atoms with Crippen LogP contribution >= 0.6 is 15.9 Å². The molecule has 1 unspecified atom stereocenters. The summed E-state index contributed by atoms with van der Waals surface area (Å²) in [5, 5.41) is 0. The Balaban J connectivity index is 2.16. The number of hydrogen-bond donors (Lipinski definition) is 0. The van der Waals surface area contributed by atoms with Crippen LogP contribution in [0.4, 0.5) is 5.82 Å².